The Hall–Kier alpha value is -1.43. The molecular formula is C18H24ClNO3. The van der Waals surface area contributed by atoms with Crippen LogP contribution in [0.1, 0.15) is 11.7 Å². The molecule has 0 radical (unpaired) electrons. The molecule has 0 aliphatic heterocycles. The first-order chi connectivity index (χ1) is 10.8. The molecule has 5 heteroatoms. The second-order valence-corrected chi connectivity index (χ2v) is 5.04. The van der Waals surface area contributed by atoms with E-state index in [1.165, 1.54) is 5.56 Å². The van der Waals surface area contributed by atoms with Gasteiger partial charge in [-0.1, -0.05) is 54.6 Å². The molecule has 1 unspecified atom stereocenters. The van der Waals surface area contributed by atoms with Crippen molar-refractivity contribution in [3.05, 3.63) is 60.2 Å². The number of nitrogens with one attached hydrogen (secondary N) is 1. The van der Waals surface area contributed by atoms with Crippen molar-refractivity contribution >= 4 is 12.4 Å². The molecule has 0 saturated carbocycles. The van der Waals surface area contributed by atoms with Crippen molar-refractivity contribution in [3.63, 3.8) is 0 Å². The second-order valence-electron chi connectivity index (χ2n) is 5.04. The minimum atomic E-state index is -0.539. The van der Waals surface area contributed by atoms with Crippen LogP contribution in [-0.4, -0.2) is 43.1 Å². The van der Waals surface area contributed by atoms with Gasteiger partial charge in [-0.2, -0.15) is 0 Å². The molecule has 0 amide bonds. The summed E-state index contributed by atoms with van der Waals surface area (Å²) < 4.78 is 5.14. The summed E-state index contributed by atoms with van der Waals surface area (Å²) in [4.78, 5) is 0. The monoisotopic (exact) mass is 337 g/mol. The Morgan fingerprint density at radius 1 is 0.913 bits per heavy atom. The maximum absolute atomic E-state index is 10.1. The van der Waals surface area contributed by atoms with Gasteiger partial charge in [0.2, 0.25) is 0 Å². The normalized spacial score (nSPS) is 11.7. The third-order valence-corrected chi connectivity index (χ3v) is 3.40. The van der Waals surface area contributed by atoms with Gasteiger partial charge >= 0.3 is 0 Å². The van der Waals surface area contributed by atoms with Gasteiger partial charge in [-0.05, 0) is 16.7 Å². The van der Waals surface area contributed by atoms with Crippen LogP contribution >= 0.6 is 12.4 Å². The summed E-state index contributed by atoms with van der Waals surface area (Å²) in [7, 11) is 0. The minimum Gasteiger partial charge on any atom is -0.394 e. The van der Waals surface area contributed by atoms with E-state index < -0.39 is 6.10 Å². The number of ether oxygens (including phenoxy) is 1. The smallest absolute Gasteiger partial charge is 0.0914 e. The van der Waals surface area contributed by atoms with Crippen molar-refractivity contribution in [3.8, 4) is 11.1 Å². The fraction of sp³-hybridized carbons (Fsp3) is 0.333. The zero-order chi connectivity index (χ0) is 15.6. The Morgan fingerprint density at radius 3 is 2.22 bits per heavy atom. The van der Waals surface area contributed by atoms with Crippen molar-refractivity contribution in [1.82, 2.24) is 5.32 Å². The summed E-state index contributed by atoms with van der Waals surface area (Å²) in [6.07, 6.45) is -0.539. The number of hydrogen-bond donors (Lipinski definition) is 3. The van der Waals surface area contributed by atoms with Gasteiger partial charge in [0.05, 0.1) is 25.9 Å². The van der Waals surface area contributed by atoms with Gasteiger partial charge in [-0.3, -0.25) is 0 Å². The molecule has 0 fully saturated rings. The SMILES string of the molecule is Cl.OCCOCCNCC(O)c1ccc(-c2ccccc2)cc1. The van der Waals surface area contributed by atoms with Gasteiger partial charge in [0.25, 0.3) is 0 Å². The molecule has 23 heavy (non-hydrogen) atoms. The lowest BCUT2D eigenvalue weighted by molar-refractivity contribution is 0.0910. The van der Waals surface area contributed by atoms with Crippen LogP contribution in [0.5, 0.6) is 0 Å². The van der Waals surface area contributed by atoms with Crippen LogP contribution in [0.3, 0.4) is 0 Å². The highest BCUT2D eigenvalue weighted by Crippen LogP contribution is 2.21. The molecule has 0 spiro atoms. The Bertz CT molecular complexity index is 534. The van der Waals surface area contributed by atoms with Crippen LogP contribution in [0, 0.1) is 0 Å². The van der Waals surface area contributed by atoms with Gasteiger partial charge in [0.1, 0.15) is 0 Å². The van der Waals surface area contributed by atoms with E-state index >= 15 is 0 Å². The van der Waals surface area contributed by atoms with E-state index in [9.17, 15) is 5.11 Å². The molecule has 2 rings (SSSR count). The zero-order valence-electron chi connectivity index (χ0n) is 13.0. The average molecular weight is 338 g/mol. The molecular weight excluding hydrogens is 314 g/mol. The number of halogens is 1. The first-order valence-corrected chi connectivity index (χ1v) is 7.54. The van der Waals surface area contributed by atoms with Crippen molar-refractivity contribution < 1.29 is 14.9 Å². The van der Waals surface area contributed by atoms with E-state index in [4.69, 9.17) is 9.84 Å². The molecule has 0 aliphatic rings. The summed E-state index contributed by atoms with van der Waals surface area (Å²) in [5, 5.41) is 21.9. The molecule has 126 valence electrons. The second kappa shape index (κ2) is 11.2. The molecule has 1 atom stereocenters. The zero-order valence-corrected chi connectivity index (χ0v) is 13.8. The molecule has 0 heterocycles. The molecule has 0 bridgehead atoms. The van der Waals surface area contributed by atoms with E-state index in [-0.39, 0.29) is 19.0 Å². The third-order valence-electron chi connectivity index (χ3n) is 3.40. The predicted molar refractivity (Wildman–Crippen MR) is 94.9 cm³/mol. The molecule has 2 aromatic carbocycles. The van der Waals surface area contributed by atoms with E-state index in [1.807, 2.05) is 42.5 Å². The Kier molecular flexibility index (Phi) is 9.52. The maximum atomic E-state index is 10.1. The van der Waals surface area contributed by atoms with Crippen molar-refractivity contribution in [2.75, 3.05) is 32.9 Å². The lowest BCUT2D eigenvalue weighted by Gasteiger charge is -2.13. The lowest BCUT2D eigenvalue weighted by Crippen LogP contribution is -2.25. The molecule has 0 aliphatic carbocycles. The highest BCUT2D eigenvalue weighted by molar-refractivity contribution is 5.85. The highest BCUT2D eigenvalue weighted by Gasteiger charge is 2.07. The summed E-state index contributed by atoms with van der Waals surface area (Å²) in [5.74, 6) is 0. The van der Waals surface area contributed by atoms with Crippen LogP contribution in [0.2, 0.25) is 0 Å². The summed E-state index contributed by atoms with van der Waals surface area (Å²) in [5.41, 5.74) is 3.20. The predicted octanol–water partition coefficient (Wildman–Crippen LogP) is 2.41. The average Bonchev–Trinajstić information content (AvgIpc) is 2.59. The van der Waals surface area contributed by atoms with Crippen molar-refractivity contribution in [1.29, 1.82) is 0 Å². The van der Waals surface area contributed by atoms with E-state index in [1.54, 1.807) is 0 Å². The van der Waals surface area contributed by atoms with E-state index in [0.717, 1.165) is 11.1 Å². The third kappa shape index (κ3) is 6.69. The standard InChI is InChI=1S/C18H23NO3.ClH/c20-11-13-22-12-10-19-14-18(21)17-8-6-16(7-9-17)15-4-2-1-3-5-15;/h1-9,18-21H,10-14H2;1H. The molecule has 4 nitrogen and oxygen atoms in total. The first kappa shape index (κ1) is 19.6. The topological polar surface area (TPSA) is 61.7 Å². The Balaban J connectivity index is 0.00000264. The highest BCUT2D eigenvalue weighted by atomic mass is 35.5. The van der Waals surface area contributed by atoms with Crippen LogP contribution < -0.4 is 5.32 Å². The Labute approximate surface area is 143 Å². The van der Waals surface area contributed by atoms with Gasteiger partial charge in [-0.25, -0.2) is 0 Å². The van der Waals surface area contributed by atoms with Gasteiger partial charge in [-0.15, -0.1) is 12.4 Å². The van der Waals surface area contributed by atoms with Crippen LogP contribution in [0.4, 0.5) is 0 Å². The molecule has 0 saturated heterocycles. The number of aliphatic hydroxyl groups is 2. The summed E-state index contributed by atoms with van der Waals surface area (Å²) in [6.45, 7) is 2.05. The van der Waals surface area contributed by atoms with Gasteiger partial charge < -0.3 is 20.3 Å². The van der Waals surface area contributed by atoms with Gasteiger partial charge in [0.15, 0.2) is 0 Å². The number of hydrogen-bond acceptors (Lipinski definition) is 4. The largest absolute Gasteiger partial charge is 0.394 e. The fourth-order valence-electron chi connectivity index (χ4n) is 2.20. The number of aliphatic hydroxyl groups excluding tert-OH is 2. The van der Waals surface area contributed by atoms with Gasteiger partial charge in [0, 0.05) is 13.1 Å². The van der Waals surface area contributed by atoms with E-state index in [0.29, 0.717) is 26.3 Å². The Morgan fingerprint density at radius 2 is 1.57 bits per heavy atom. The van der Waals surface area contributed by atoms with Crippen LogP contribution in [0.25, 0.3) is 11.1 Å². The van der Waals surface area contributed by atoms with E-state index in [2.05, 4.69) is 17.4 Å². The van der Waals surface area contributed by atoms with Crippen molar-refractivity contribution in [2.45, 2.75) is 6.10 Å². The molecule has 3 N–H and O–H groups in total. The van der Waals surface area contributed by atoms with Crippen LogP contribution in [0.15, 0.2) is 54.6 Å². The number of rotatable bonds is 9. The first-order valence-electron chi connectivity index (χ1n) is 7.54. The fourth-order valence-corrected chi connectivity index (χ4v) is 2.20. The minimum absolute atomic E-state index is 0. The number of benzene rings is 2. The van der Waals surface area contributed by atoms with Crippen LogP contribution in [-0.2, 0) is 4.74 Å². The maximum Gasteiger partial charge on any atom is 0.0914 e. The molecule has 2 aromatic rings. The van der Waals surface area contributed by atoms with Crippen molar-refractivity contribution in [2.24, 2.45) is 0 Å². The summed E-state index contributed by atoms with van der Waals surface area (Å²) in [6, 6.07) is 18.1. The quantitative estimate of drug-likeness (QED) is 0.615. The summed E-state index contributed by atoms with van der Waals surface area (Å²) >= 11 is 0. The molecule has 0 aromatic heterocycles. The lowest BCUT2D eigenvalue weighted by atomic mass is 10.0.